The van der Waals surface area contributed by atoms with Crippen molar-refractivity contribution < 1.29 is 18.0 Å². The molecule has 0 aliphatic rings. The molecule has 2 nitrogen and oxygen atoms in total. The molecule has 14 heavy (non-hydrogen) atoms. The number of carbonyl (C=O) groups excluding carboxylic acids is 1. The van der Waals surface area contributed by atoms with Gasteiger partial charge in [-0.2, -0.15) is 0 Å². The number of rotatable bonds is 3. The normalized spacial score (nSPS) is 10.6. The van der Waals surface area contributed by atoms with E-state index in [0.717, 1.165) is 6.20 Å². The number of halogens is 4. The SMILES string of the molecule is O=Cc1cnc(C(F)F)c(F)c1CCl. The number of pyridine rings is 1. The molecular weight excluding hydrogens is 219 g/mol. The number of alkyl halides is 3. The number of nitrogens with zero attached hydrogens (tertiary/aromatic N) is 1. The van der Waals surface area contributed by atoms with Crippen LogP contribution < -0.4 is 0 Å². The van der Waals surface area contributed by atoms with Gasteiger partial charge in [0.1, 0.15) is 5.69 Å². The lowest BCUT2D eigenvalue weighted by Gasteiger charge is -2.06. The van der Waals surface area contributed by atoms with Crippen LogP contribution in [0.3, 0.4) is 0 Å². The molecule has 0 unspecified atom stereocenters. The van der Waals surface area contributed by atoms with Crippen molar-refractivity contribution in [1.29, 1.82) is 0 Å². The van der Waals surface area contributed by atoms with Gasteiger partial charge in [-0.1, -0.05) is 0 Å². The maximum Gasteiger partial charge on any atom is 0.283 e. The van der Waals surface area contributed by atoms with Crippen LogP contribution in [-0.2, 0) is 5.88 Å². The molecule has 0 aliphatic carbocycles. The van der Waals surface area contributed by atoms with Gasteiger partial charge in [0.05, 0.1) is 5.88 Å². The predicted octanol–water partition coefficient (Wildman–Crippen LogP) is 2.71. The fourth-order valence-electron chi connectivity index (χ4n) is 0.945. The Morgan fingerprint density at radius 2 is 2.21 bits per heavy atom. The van der Waals surface area contributed by atoms with Gasteiger partial charge in [-0.25, -0.2) is 13.2 Å². The highest BCUT2D eigenvalue weighted by Crippen LogP contribution is 2.24. The van der Waals surface area contributed by atoms with Crippen LogP contribution in [0.2, 0.25) is 0 Å². The van der Waals surface area contributed by atoms with Crippen molar-refractivity contribution in [3.8, 4) is 0 Å². The molecule has 0 saturated heterocycles. The Hall–Kier alpha value is -1.10. The molecule has 0 fully saturated rings. The van der Waals surface area contributed by atoms with Crippen molar-refractivity contribution in [2.24, 2.45) is 0 Å². The summed E-state index contributed by atoms with van der Waals surface area (Å²) in [6.45, 7) is 0. The number of aromatic nitrogens is 1. The minimum Gasteiger partial charge on any atom is -0.298 e. The van der Waals surface area contributed by atoms with Crippen molar-refractivity contribution in [2.75, 3.05) is 0 Å². The monoisotopic (exact) mass is 223 g/mol. The Morgan fingerprint density at radius 3 is 2.64 bits per heavy atom. The van der Waals surface area contributed by atoms with Gasteiger partial charge in [-0.15, -0.1) is 11.6 Å². The molecule has 0 radical (unpaired) electrons. The highest BCUT2D eigenvalue weighted by Gasteiger charge is 2.20. The van der Waals surface area contributed by atoms with E-state index in [-0.39, 0.29) is 17.0 Å². The van der Waals surface area contributed by atoms with Gasteiger partial charge in [0, 0.05) is 17.3 Å². The highest BCUT2D eigenvalue weighted by molar-refractivity contribution is 6.17. The fraction of sp³-hybridized carbons (Fsp3) is 0.250. The number of hydrogen-bond donors (Lipinski definition) is 0. The minimum absolute atomic E-state index is 0.109. The number of hydrogen-bond acceptors (Lipinski definition) is 2. The molecule has 0 N–H and O–H groups in total. The fourth-order valence-corrected chi connectivity index (χ4v) is 1.22. The zero-order chi connectivity index (χ0) is 10.7. The van der Waals surface area contributed by atoms with Crippen molar-refractivity contribution in [3.05, 3.63) is 28.8 Å². The van der Waals surface area contributed by atoms with Crippen molar-refractivity contribution >= 4 is 17.9 Å². The van der Waals surface area contributed by atoms with E-state index in [1.54, 1.807) is 0 Å². The Bertz CT molecular complexity index is 357. The van der Waals surface area contributed by atoms with Crippen LogP contribution >= 0.6 is 11.6 Å². The van der Waals surface area contributed by atoms with Crippen LogP contribution in [0, 0.1) is 5.82 Å². The molecule has 0 aromatic carbocycles. The Balaban J connectivity index is 3.34. The summed E-state index contributed by atoms with van der Waals surface area (Å²) in [5.74, 6) is -1.55. The van der Waals surface area contributed by atoms with E-state index in [2.05, 4.69) is 4.98 Å². The zero-order valence-electron chi connectivity index (χ0n) is 6.81. The van der Waals surface area contributed by atoms with Crippen LogP contribution in [0.25, 0.3) is 0 Å². The Labute approximate surface area is 82.7 Å². The summed E-state index contributed by atoms with van der Waals surface area (Å²) in [6, 6.07) is 0. The van der Waals surface area contributed by atoms with E-state index < -0.39 is 17.9 Å². The lowest BCUT2D eigenvalue weighted by Crippen LogP contribution is -2.03. The summed E-state index contributed by atoms with van der Waals surface area (Å²) in [5, 5.41) is 0. The topological polar surface area (TPSA) is 30.0 Å². The zero-order valence-corrected chi connectivity index (χ0v) is 7.56. The lowest BCUT2D eigenvalue weighted by molar-refractivity contribution is 0.111. The van der Waals surface area contributed by atoms with E-state index in [1.165, 1.54) is 0 Å². The van der Waals surface area contributed by atoms with E-state index in [1.807, 2.05) is 0 Å². The van der Waals surface area contributed by atoms with Crippen molar-refractivity contribution in [3.63, 3.8) is 0 Å². The van der Waals surface area contributed by atoms with E-state index >= 15 is 0 Å². The highest BCUT2D eigenvalue weighted by atomic mass is 35.5. The average molecular weight is 224 g/mol. The van der Waals surface area contributed by atoms with Gasteiger partial charge < -0.3 is 0 Å². The second kappa shape index (κ2) is 4.41. The summed E-state index contributed by atoms with van der Waals surface area (Å²) < 4.78 is 37.5. The second-order valence-electron chi connectivity index (χ2n) is 2.44. The predicted molar refractivity (Wildman–Crippen MR) is 44.1 cm³/mol. The maximum absolute atomic E-state index is 13.2. The first kappa shape index (κ1) is 11.0. The molecular formula is C8H5ClF3NO. The van der Waals surface area contributed by atoms with Gasteiger partial charge in [0.25, 0.3) is 6.43 Å². The first-order chi connectivity index (χ1) is 6.61. The minimum atomic E-state index is -3.02. The van der Waals surface area contributed by atoms with Gasteiger partial charge >= 0.3 is 0 Å². The standard InChI is InChI=1S/C8H5ClF3NO/c9-1-5-4(3-14)2-13-7(6(5)10)8(11)12/h2-3,8H,1H2. The Kier molecular flexibility index (Phi) is 3.46. The molecule has 0 aliphatic heterocycles. The third-order valence-corrected chi connectivity index (χ3v) is 1.92. The summed E-state index contributed by atoms with van der Waals surface area (Å²) in [6.07, 6.45) is -1.81. The van der Waals surface area contributed by atoms with Crippen molar-refractivity contribution in [2.45, 2.75) is 12.3 Å². The smallest absolute Gasteiger partial charge is 0.283 e. The summed E-state index contributed by atoms with van der Waals surface area (Å²) in [7, 11) is 0. The molecule has 0 amide bonds. The molecule has 0 spiro atoms. The summed E-state index contributed by atoms with van der Waals surface area (Å²) in [4.78, 5) is 13.5. The molecule has 76 valence electrons. The summed E-state index contributed by atoms with van der Waals surface area (Å²) in [5.41, 5.74) is -1.33. The van der Waals surface area contributed by atoms with Crippen LogP contribution in [0.1, 0.15) is 28.0 Å². The molecule has 0 atom stereocenters. The molecule has 6 heteroatoms. The third-order valence-electron chi connectivity index (χ3n) is 1.65. The van der Waals surface area contributed by atoms with Gasteiger partial charge in [-0.3, -0.25) is 9.78 Å². The van der Waals surface area contributed by atoms with E-state index in [4.69, 9.17) is 11.6 Å². The van der Waals surface area contributed by atoms with Crippen LogP contribution in [0.15, 0.2) is 6.20 Å². The molecule has 1 heterocycles. The van der Waals surface area contributed by atoms with Crippen LogP contribution in [0.4, 0.5) is 13.2 Å². The second-order valence-corrected chi connectivity index (χ2v) is 2.71. The molecule has 0 saturated carbocycles. The van der Waals surface area contributed by atoms with Gasteiger partial charge in [0.2, 0.25) is 0 Å². The van der Waals surface area contributed by atoms with Crippen LogP contribution in [-0.4, -0.2) is 11.3 Å². The van der Waals surface area contributed by atoms with Crippen molar-refractivity contribution in [1.82, 2.24) is 4.98 Å². The maximum atomic E-state index is 13.2. The molecule has 0 bridgehead atoms. The quantitative estimate of drug-likeness (QED) is 0.583. The molecule has 1 aromatic rings. The van der Waals surface area contributed by atoms with Gasteiger partial charge in [-0.05, 0) is 0 Å². The lowest BCUT2D eigenvalue weighted by atomic mass is 10.1. The van der Waals surface area contributed by atoms with E-state index in [9.17, 15) is 18.0 Å². The van der Waals surface area contributed by atoms with Crippen LogP contribution in [0.5, 0.6) is 0 Å². The van der Waals surface area contributed by atoms with E-state index in [0.29, 0.717) is 6.29 Å². The first-order valence-electron chi connectivity index (χ1n) is 3.58. The average Bonchev–Trinajstić information content (AvgIpc) is 2.16. The first-order valence-corrected chi connectivity index (χ1v) is 4.11. The number of carbonyl (C=O) groups is 1. The molecule has 1 aromatic heterocycles. The third kappa shape index (κ3) is 1.87. The largest absolute Gasteiger partial charge is 0.298 e. The summed E-state index contributed by atoms with van der Waals surface area (Å²) >= 11 is 5.32. The Morgan fingerprint density at radius 1 is 1.57 bits per heavy atom. The molecule has 1 rings (SSSR count). The number of aldehydes is 1. The van der Waals surface area contributed by atoms with Gasteiger partial charge in [0.15, 0.2) is 12.1 Å².